The van der Waals surface area contributed by atoms with Crippen molar-refractivity contribution in [2.24, 2.45) is 4.99 Å². The topological polar surface area (TPSA) is 75.7 Å². The zero-order valence-electron chi connectivity index (χ0n) is 15.1. The Balaban J connectivity index is 1.59. The molecule has 4 rings (SSSR count). The van der Waals surface area contributed by atoms with Gasteiger partial charge in [0.2, 0.25) is 0 Å². The maximum atomic E-state index is 11.5. The lowest BCUT2D eigenvalue weighted by Gasteiger charge is -2.24. The quantitative estimate of drug-likeness (QED) is 0.736. The Kier molecular flexibility index (Phi) is 5.61. The number of methoxy groups -OCH3 is 1. The molecule has 1 atom stereocenters. The standard InChI is InChI=1S/C19H22ClN3O3S/c1-25-17(24)9-14-10-27-19(22-14)16-7-11-6-12(20)8-15(18(11)23-16)21-13-2-4-26-5-3-13/h6-8,13-14,21,23H,2-5,9-10H2,1H3. The Labute approximate surface area is 167 Å². The molecule has 2 aliphatic heterocycles. The van der Waals surface area contributed by atoms with E-state index in [-0.39, 0.29) is 12.0 Å². The molecule has 1 aromatic heterocycles. The van der Waals surface area contributed by atoms with Gasteiger partial charge >= 0.3 is 5.97 Å². The van der Waals surface area contributed by atoms with Crippen LogP contribution in [0.5, 0.6) is 0 Å². The predicted octanol–water partition coefficient (Wildman–Crippen LogP) is 3.84. The van der Waals surface area contributed by atoms with Crippen LogP contribution >= 0.6 is 23.4 Å². The van der Waals surface area contributed by atoms with Gasteiger partial charge in [0.05, 0.1) is 36.5 Å². The molecule has 1 unspecified atom stereocenters. The number of nitrogens with one attached hydrogen (secondary N) is 2. The number of carbonyl (C=O) groups excluding carboxylic acids is 1. The molecule has 1 aromatic carbocycles. The number of ether oxygens (including phenoxy) is 2. The molecule has 1 saturated heterocycles. The van der Waals surface area contributed by atoms with Crippen molar-refractivity contribution < 1.29 is 14.3 Å². The highest BCUT2D eigenvalue weighted by atomic mass is 35.5. The first-order chi connectivity index (χ1) is 13.1. The van der Waals surface area contributed by atoms with Crippen LogP contribution in [0.25, 0.3) is 10.9 Å². The predicted molar refractivity (Wildman–Crippen MR) is 110 cm³/mol. The third-order valence-corrected chi connectivity index (χ3v) is 6.22. The number of fused-ring (bicyclic) bond motifs is 1. The van der Waals surface area contributed by atoms with E-state index in [4.69, 9.17) is 21.1 Å². The smallest absolute Gasteiger partial charge is 0.307 e. The summed E-state index contributed by atoms with van der Waals surface area (Å²) in [6.45, 7) is 1.57. The Morgan fingerprint density at radius 1 is 1.41 bits per heavy atom. The summed E-state index contributed by atoms with van der Waals surface area (Å²) in [5.74, 6) is 0.560. The summed E-state index contributed by atoms with van der Waals surface area (Å²) < 4.78 is 10.2. The van der Waals surface area contributed by atoms with Gasteiger partial charge in [-0.05, 0) is 31.0 Å². The van der Waals surface area contributed by atoms with Crippen molar-refractivity contribution in [2.75, 3.05) is 31.4 Å². The first kappa shape index (κ1) is 18.7. The summed E-state index contributed by atoms with van der Waals surface area (Å²) in [7, 11) is 1.41. The minimum atomic E-state index is -0.225. The van der Waals surface area contributed by atoms with Gasteiger partial charge < -0.3 is 19.8 Å². The molecule has 1 fully saturated rings. The molecule has 0 saturated carbocycles. The van der Waals surface area contributed by atoms with Crippen molar-refractivity contribution in [1.82, 2.24) is 4.98 Å². The van der Waals surface area contributed by atoms with Crippen molar-refractivity contribution in [1.29, 1.82) is 0 Å². The Bertz CT molecular complexity index is 876. The number of anilines is 1. The number of benzene rings is 1. The van der Waals surface area contributed by atoms with E-state index in [1.165, 1.54) is 7.11 Å². The van der Waals surface area contributed by atoms with Crippen molar-refractivity contribution in [3.63, 3.8) is 0 Å². The van der Waals surface area contributed by atoms with E-state index in [0.717, 1.165) is 59.1 Å². The molecule has 0 bridgehead atoms. The van der Waals surface area contributed by atoms with E-state index < -0.39 is 0 Å². The molecule has 2 aromatic rings. The van der Waals surface area contributed by atoms with Crippen LogP contribution in [-0.2, 0) is 14.3 Å². The SMILES string of the molecule is COC(=O)CC1CSC(c2cc3cc(Cl)cc(NC4CCOCC4)c3[nH]2)=N1. The first-order valence-corrected chi connectivity index (χ1v) is 10.4. The number of nitrogens with zero attached hydrogens (tertiary/aromatic N) is 1. The number of carbonyl (C=O) groups is 1. The fourth-order valence-electron chi connectivity index (χ4n) is 3.44. The van der Waals surface area contributed by atoms with Gasteiger partial charge in [0.25, 0.3) is 0 Å². The molecule has 144 valence electrons. The summed E-state index contributed by atoms with van der Waals surface area (Å²) in [5, 5.41) is 6.28. The number of H-pyrrole nitrogens is 1. The van der Waals surface area contributed by atoms with Crippen molar-refractivity contribution in [2.45, 2.75) is 31.3 Å². The fraction of sp³-hybridized carbons (Fsp3) is 0.474. The van der Waals surface area contributed by atoms with Gasteiger partial charge in [-0.25, -0.2) is 0 Å². The van der Waals surface area contributed by atoms with Crippen molar-refractivity contribution >= 4 is 51.0 Å². The summed E-state index contributed by atoms with van der Waals surface area (Å²) in [6, 6.07) is 6.34. The Morgan fingerprint density at radius 2 is 2.22 bits per heavy atom. The number of aromatic nitrogens is 1. The van der Waals surface area contributed by atoms with Crippen LogP contribution in [0, 0.1) is 0 Å². The van der Waals surface area contributed by atoms with Crippen LogP contribution in [0.1, 0.15) is 25.0 Å². The summed E-state index contributed by atoms with van der Waals surface area (Å²) in [6.07, 6.45) is 2.29. The molecule has 2 aliphatic rings. The fourth-order valence-corrected chi connectivity index (χ4v) is 4.70. The van der Waals surface area contributed by atoms with E-state index in [0.29, 0.717) is 17.5 Å². The lowest BCUT2D eigenvalue weighted by molar-refractivity contribution is -0.140. The zero-order valence-corrected chi connectivity index (χ0v) is 16.7. The highest BCUT2D eigenvalue weighted by Crippen LogP contribution is 2.33. The van der Waals surface area contributed by atoms with Crippen LogP contribution in [0.3, 0.4) is 0 Å². The molecule has 0 amide bonds. The van der Waals surface area contributed by atoms with E-state index in [2.05, 4.69) is 21.4 Å². The molecule has 3 heterocycles. The van der Waals surface area contributed by atoms with Crippen LogP contribution in [0.4, 0.5) is 5.69 Å². The largest absolute Gasteiger partial charge is 0.469 e. The van der Waals surface area contributed by atoms with Gasteiger partial charge in [0.1, 0.15) is 5.04 Å². The second kappa shape index (κ2) is 8.12. The monoisotopic (exact) mass is 407 g/mol. The zero-order chi connectivity index (χ0) is 18.8. The Morgan fingerprint density at radius 3 is 3.00 bits per heavy atom. The summed E-state index contributed by atoms with van der Waals surface area (Å²) >= 11 is 8.00. The normalized spacial score (nSPS) is 20.7. The van der Waals surface area contributed by atoms with Gasteiger partial charge in [-0.1, -0.05) is 11.6 Å². The minimum Gasteiger partial charge on any atom is -0.469 e. The first-order valence-electron chi connectivity index (χ1n) is 9.06. The number of hydrogen-bond acceptors (Lipinski definition) is 6. The van der Waals surface area contributed by atoms with Gasteiger partial charge in [-0.3, -0.25) is 9.79 Å². The van der Waals surface area contributed by atoms with Crippen LogP contribution in [-0.4, -0.2) is 54.2 Å². The number of esters is 1. The number of aliphatic imine (C=N–C) groups is 1. The number of aromatic amines is 1. The summed E-state index contributed by atoms with van der Waals surface area (Å²) in [5.41, 5.74) is 2.99. The third kappa shape index (κ3) is 4.25. The van der Waals surface area contributed by atoms with Gasteiger partial charge in [0.15, 0.2) is 0 Å². The molecule has 0 spiro atoms. The molecular weight excluding hydrogens is 386 g/mol. The highest BCUT2D eigenvalue weighted by molar-refractivity contribution is 8.14. The van der Waals surface area contributed by atoms with E-state index in [1.807, 2.05) is 12.1 Å². The number of hydrogen-bond donors (Lipinski definition) is 2. The van der Waals surface area contributed by atoms with Crippen molar-refractivity contribution in [3.8, 4) is 0 Å². The van der Waals surface area contributed by atoms with Gasteiger partial charge in [-0.2, -0.15) is 0 Å². The lowest BCUT2D eigenvalue weighted by atomic mass is 10.1. The molecule has 8 heteroatoms. The van der Waals surface area contributed by atoms with Gasteiger partial charge in [0, 0.05) is 35.4 Å². The molecular formula is C19H22ClN3O3S. The molecule has 27 heavy (non-hydrogen) atoms. The van der Waals surface area contributed by atoms with Crippen LogP contribution in [0.15, 0.2) is 23.2 Å². The average molecular weight is 408 g/mol. The van der Waals surface area contributed by atoms with Crippen LogP contribution < -0.4 is 5.32 Å². The van der Waals surface area contributed by atoms with Gasteiger partial charge in [-0.15, -0.1) is 11.8 Å². The van der Waals surface area contributed by atoms with E-state index in [9.17, 15) is 4.79 Å². The minimum absolute atomic E-state index is 0.0349. The highest BCUT2D eigenvalue weighted by Gasteiger charge is 2.24. The number of halogens is 1. The molecule has 6 nitrogen and oxygen atoms in total. The maximum absolute atomic E-state index is 11.5. The second-order valence-corrected chi connectivity index (χ2v) is 8.26. The molecule has 0 radical (unpaired) electrons. The molecule has 0 aliphatic carbocycles. The van der Waals surface area contributed by atoms with Crippen LogP contribution in [0.2, 0.25) is 5.02 Å². The number of rotatable bonds is 5. The Hall–Kier alpha value is -1.70. The average Bonchev–Trinajstić information content (AvgIpc) is 3.29. The maximum Gasteiger partial charge on any atom is 0.307 e. The third-order valence-electron chi connectivity index (χ3n) is 4.85. The second-order valence-electron chi connectivity index (χ2n) is 6.81. The van der Waals surface area contributed by atoms with Crippen molar-refractivity contribution in [3.05, 3.63) is 28.9 Å². The number of thioether (sulfide) groups is 1. The van der Waals surface area contributed by atoms with E-state index >= 15 is 0 Å². The lowest BCUT2D eigenvalue weighted by Crippen LogP contribution is -2.27. The molecule has 2 N–H and O–H groups in total. The van der Waals surface area contributed by atoms with E-state index in [1.54, 1.807) is 11.8 Å². The summed E-state index contributed by atoms with van der Waals surface area (Å²) in [4.78, 5) is 19.7.